The van der Waals surface area contributed by atoms with E-state index in [0.717, 1.165) is 15.8 Å². The van der Waals surface area contributed by atoms with Gasteiger partial charge < -0.3 is 14.8 Å². The monoisotopic (exact) mass is 446 g/mol. The lowest BCUT2D eigenvalue weighted by molar-refractivity contribution is -0.125. The van der Waals surface area contributed by atoms with Crippen molar-refractivity contribution in [3.05, 3.63) is 52.5 Å². The molecule has 2 aromatic carbocycles. The van der Waals surface area contributed by atoms with Crippen molar-refractivity contribution in [3.63, 3.8) is 0 Å². The molecule has 2 aromatic rings. The third kappa shape index (κ3) is 4.84. The average Bonchev–Trinajstić information content (AvgIpc) is 2.63. The van der Waals surface area contributed by atoms with Crippen molar-refractivity contribution >= 4 is 33.4 Å². The molecule has 0 saturated heterocycles. The smallest absolute Gasteiger partial charge is 0.265 e. The molecule has 0 spiro atoms. The number of carbonyl (C=O) groups excluding carboxylic acids is 2. The van der Waals surface area contributed by atoms with E-state index in [0.29, 0.717) is 11.4 Å². The first-order chi connectivity index (χ1) is 13.3. The summed E-state index contributed by atoms with van der Waals surface area (Å²) in [7, 11) is 0. The van der Waals surface area contributed by atoms with E-state index in [1.165, 1.54) is 4.90 Å². The first-order valence-corrected chi connectivity index (χ1v) is 9.91. The van der Waals surface area contributed by atoms with Crippen LogP contribution in [0.2, 0.25) is 0 Å². The number of hydrogen-bond acceptors (Lipinski definition) is 4. The van der Waals surface area contributed by atoms with Gasteiger partial charge in [-0.1, -0.05) is 28.1 Å². The molecule has 1 N–H and O–H groups in total. The van der Waals surface area contributed by atoms with E-state index in [-0.39, 0.29) is 37.1 Å². The number of nitrogens with one attached hydrogen (secondary N) is 1. The minimum absolute atomic E-state index is 0.0661. The Morgan fingerprint density at radius 3 is 2.79 bits per heavy atom. The van der Waals surface area contributed by atoms with Crippen molar-refractivity contribution in [2.45, 2.75) is 32.9 Å². The van der Waals surface area contributed by atoms with E-state index in [9.17, 15) is 9.59 Å². The van der Waals surface area contributed by atoms with Gasteiger partial charge in [0.25, 0.3) is 5.91 Å². The first kappa shape index (κ1) is 20.2. The summed E-state index contributed by atoms with van der Waals surface area (Å²) in [6.45, 7) is 5.68. The number of ether oxygens (including phenoxy) is 2. The van der Waals surface area contributed by atoms with Crippen LogP contribution >= 0.6 is 15.9 Å². The molecule has 1 aliphatic rings. The third-order valence-electron chi connectivity index (χ3n) is 4.27. The highest BCUT2D eigenvalue weighted by molar-refractivity contribution is 9.10. The Kier molecular flexibility index (Phi) is 6.24. The summed E-state index contributed by atoms with van der Waals surface area (Å²) >= 11 is 3.38. The molecule has 0 fully saturated rings. The Bertz CT molecular complexity index is 884. The van der Waals surface area contributed by atoms with Gasteiger partial charge in [-0.25, -0.2) is 0 Å². The van der Waals surface area contributed by atoms with Crippen LogP contribution in [-0.4, -0.2) is 31.1 Å². The van der Waals surface area contributed by atoms with Gasteiger partial charge in [0, 0.05) is 4.47 Å². The van der Waals surface area contributed by atoms with Crippen molar-refractivity contribution in [2.75, 3.05) is 18.1 Å². The van der Waals surface area contributed by atoms with Crippen LogP contribution in [0.15, 0.2) is 46.9 Å². The minimum Gasteiger partial charge on any atom is -0.491 e. The molecule has 1 heterocycles. The molecule has 0 aliphatic carbocycles. The number of amides is 2. The van der Waals surface area contributed by atoms with Crippen LogP contribution in [0.3, 0.4) is 0 Å². The van der Waals surface area contributed by atoms with Gasteiger partial charge in [-0.05, 0) is 56.7 Å². The zero-order valence-electron chi connectivity index (χ0n) is 16.1. The van der Waals surface area contributed by atoms with Crippen LogP contribution in [0.25, 0.3) is 0 Å². The van der Waals surface area contributed by atoms with E-state index in [1.807, 2.05) is 51.1 Å². The molecule has 0 radical (unpaired) electrons. The molecule has 0 saturated carbocycles. The molecule has 0 bridgehead atoms. The summed E-state index contributed by atoms with van der Waals surface area (Å²) in [5, 5.41) is 2.95. The molecule has 6 nitrogen and oxygen atoms in total. The Labute approximate surface area is 172 Å². The number of fused-ring (bicyclic) bond motifs is 1. The van der Waals surface area contributed by atoms with E-state index < -0.39 is 0 Å². The van der Waals surface area contributed by atoms with Gasteiger partial charge in [0.2, 0.25) is 5.91 Å². The van der Waals surface area contributed by atoms with Crippen LogP contribution in [-0.2, 0) is 9.59 Å². The number of nitrogens with zero attached hydrogens (tertiary/aromatic N) is 1. The summed E-state index contributed by atoms with van der Waals surface area (Å²) in [6, 6.07) is 12.8. The molecule has 7 heteroatoms. The van der Waals surface area contributed by atoms with Gasteiger partial charge in [-0.15, -0.1) is 0 Å². The molecule has 148 valence electrons. The van der Waals surface area contributed by atoms with Crippen molar-refractivity contribution in [1.29, 1.82) is 0 Å². The molecular formula is C21H23BrN2O4. The number of rotatable bonds is 6. The summed E-state index contributed by atoms with van der Waals surface area (Å²) in [6.07, 6.45) is 0.0765. The molecule has 28 heavy (non-hydrogen) atoms. The van der Waals surface area contributed by atoms with Gasteiger partial charge in [0.1, 0.15) is 18.0 Å². The van der Waals surface area contributed by atoms with Gasteiger partial charge in [-0.2, -0.15) is 0 Å². The Morgan fingerprint density at radius 2 is 2.04 bits per heavy atom. The maximum absolute atomic E-state index is 12.6. The van der Waals surface area contributed by atoms with E-state index in [1.54, 1.807) is 12.1 Å². The molecule has 3 rings (SSSR count). The highest BCUT2D eigenvalue weighted by Crippen LogP contribution is 2.34. The zero-order valence-corrected chi connectivity index (χ0v) is 17.7. The van der Waals surface area contributed by atoms with Crippen molar-refractivity contribution < 1.29 is 19.1 Å². The van der Waals surface area contributed by atoms with Gasteiger partial charge in [-0.3, -0.25) is 14.5 Å². The van der Waals surface area contributed by atoms with E-state index in [2.05, 4.69) is 21.2 Å². The summed E-state index contributed by atoms with van der Waals surface area (Å²) < 4.78 is 12.0. The van der Waals surface area contributed by atoms with E-state index >= 15 is 0 Å². The van der Waals surface area contributed by atoms with Gasteiger partial charge in [0.05, 0.1) is 17.8 Å². The zero-order chi connectivity index (χ0) is 20.3. The highest BCUT2D eigenvalue weighted by atomic mass is 79.9. The molecular weight excluding hydrogens is 424 g/mol. The Morgan fingerprint density at radius 1 is 1.25 bits per heavy atom. The molecule has 1 atom stereocenters. The Hall–Kier alpha value is -2.54. The number of hydrogen-bond donors (Lipinski definition) is 1. The number of benzene rings is 2. The second-order valence-corrected chi connectivity index (χ2v) is 7.82. The fraction of sp³-hybridized carbons (Fsp3) is 0.333. The number of carbonyl (C=O) groups is 2. The minimum atomic E-state index is -0.245. The fourth-order valence-electron chi connectivity index (χ4n) is 3.00. The SMILES string of the molecule is CC(C)Oc1cccc(C(C)NC(=O)CN2C(=O)COc3cc(Br)ccc32)c1. The normalized spacial score (nSPS) is 14.3. The molecule has 1 unspecified atom stereocenters. The predicted octanol–water partition coefficient (Wildman–Crippen LogP) is 3.84. The maximum Gasteiger partial charge on any atom is 0.265 e. The van der Waals surface area contributed by atoms with Crippen LogP contribution < -0.4 is 19.7 Å². The summed E-state index contributed by atoms with van der Waals surface area (Å²) in [4.78, 5) is 26.3. The maximum atomic E-state index is 12.6. The second-order valence-electron chi connectivity index (χ2n) is 6.91. The fourth-order valence-corrected chi connectivity index (χ4v) is 3.34. The van der Waals surface area contributed by atoms with Crippen LogP contribution in [0.5, 0.6) is 11.5 Å². The van der Waals surface area contributed by atoms with Crippen LogP contribution in [0, 0.1) is 0 Å². The van der Waals surface area contributed by atoms with Crippen molar-refractivity contribution in [1.82, 2.24) is 5.32 Å². The van der Waals surface area contributed by atoms with Crippen LogP contribution in [0.1, 0.15) is 32.4 Å². The lowest BCUT2D eigenvalue weighted by Crippen LogP contribution is -2.45. The summed E-state index contributed by atoms with van der Waals surface area (Å²) in [5.41, 5.74) is 1.53. The van der Waals surface area contributed by atoms with Crippen LogP contribution in [0.4, 0.5) is 5.69 Å². The Balaban J connectivity index is 1.68. The standard InChI is InChI=1S/C21H23BrN2O4/c1-13(2)28-17-6-4-5-15(9-17)14(3)23-20(25)11-24-18-8-7-16(22)10-19(18)27-12-21(24)26/h4-10,13-14H,11-12H2,1-3H3,(H,23,25). The molecule has 1 aliphatic heterocycles. The number of anilines is 1. The van der Waals surface area contributed by atoms with E-state index in [4.69, 9.17) is 9.47 Å². The lowest BCUT2D eigenvalue weighted by atomic mass is 10.1. The second kappa shape index (κ2) is 8.65. The van der Waals surface area contributed by atoms with Gasteiger partial charge in [0.15, 0.2) is 6.61 Å². The summed E-state index contributed by atoms with van der Waals surface area (Å²) in [5.74, 6) is 0.849. The predicted molar refractivity (Wildman–Crippen MR) is 111 cm³/mol. The molecule has 2 amide bonds. The largest absolute Gasteiger partial charge is 0.491 e. The quantitative estimate of drug-likeness (QED) is 0.731. The van der Waals surface area contributed by atoms with Gasteiger partial charge >= 0.3 is 0 Å². The molecule has 0 aromatic heterocycles. The first-order valence-electron chi connectivity index (χ1n) is 9.12. The average molecular weight is 447 g/mol. The highest BCUT2D eigenvalue weighted by Gasteiger charge is 2.27. The van der Waals surface area contributed by atoms with Crippen molar-refractivity contribution in [3.8, 4) is 11.5 Å². The van der Waals surface area contributed by atoms with Crippen molar-refractivity contribution in [2.24, 2.45) is 0 Å². The topological polar surface area (TPSA) is 67.9 Å². The third-order valence-corrected chi connectivity index (χ3v) is 4.77. The lowest BCUT2D eigenvalue weighted by Gasteiger charge is -2.29. The number of halogens is 1.